The number of ether oxygens (including phenoxy) is 2. The van der Waals surface area contributed by atoms with Gasteiger partial charge in [-0.05, 0) is 56.7 Å². The fraction of sp³-hybridized carbons (Fsp3) is 0.600. The van der Waals surface area contributed by atoms with Gasteiger partial charge < -0.3 is 18.9 Å². The normalized spacial score (nSPS) is 22.7. The number of imidazole rings is 1. The standard InChI is InChI=1S/C30H40F2N8O2/c1-6-22-15-37(19(4)14-39(22)26(18(2)3)21-9-11-23(12-10-21)42-29(31)32)27-25-28(40-17-33-36-30(40)35-27)38(20(5)34-25)16-24-8-7-13-41-24/h9-12,17-19,22,24,26,29H,6-8,13-16H2,1-5H3/t19-,22+,24?,26+/m0/s1. The quantitative estimate of drug-likeness (QED) is 0.265. The Bertz CT molecular complexity index is 1520. The first-order valence-electron chi connectivity index (χ1n) is 15.0. The van der Waals surface area contributed by atoms with Crippen LogP contribution >= 0.6 is 0 Å². The number of hydrogen-bond donors (Lipinski definition) is 0. The van der Waals surface area contributed by atoms with Crippen LogP contribution in [0.2, 0.25) is 0 Å². The van der Waals surface area contributed by atoms with Crippen LogP contribution in [0.3, 0.4) is 0 Å². The molecule has 1 aromatic carbocycles. The van der Waals surface area contributed by atoms with Crippen LogP contribution in [0.1, 0.15) is 64.4 Å². The van der Waals surface area contributed by atoms with Crippen molar-refractivity contribution in [1.82, 2.24) is 34.0 Å². The Morgan fingerprint density at radius 3 is 2.57 bits per heavy atom. The Morgan fingerprint density at radius 2 is 1.90 bits per heavy atom. The van der Waals surface area contributed by atoms with Crippen molar-refractivity contribution in [1.29, 1.82) is 0 Å². The number of nitrogens with zero attached hydrogens (tertiary/aromatic N) is 8. The molecule has 0 amide bonds. The molecule has 2 aliphatic rings. The van der Waals surface area contributed by atoms with E-state index in [9.17, 15) is 8.78 Å². The average molecular weight is 583 g/mol. The molecule has 2 fully saturated rings. The van der Waals surface area contributed by atoms with Crippen molar-refractivity contribution in [3.05, 3.63) is 42.0 Å². The molecule has 0 bridgehead atoms. The maximum Gasteiger partial charge on any atom is 0.387 e. The Balaban J connectivity index is 1.34. The van der Waals surface area contributed by atoms with Crippen LogP contribution in [-0.2, 0) is 11.3 Å². The first-order chi connectivity index (χ1) is 20.2. The van der Waals surface area contributed by atoms with Crippen molar-refractivity contribution in [2.75, 3.05) is 24.6 Å². The van der Waals surface area contributed by atoms with Gasteiger partial charge in [-0.2, -0.15) is 13.8 Å². The van der Waals surface area contributed by atoms with Crippen LogP contribution in [0.5, 0.6) is 5.75 Å². The number of halogens is 2. The molecule has 4 atom stereocenters. The van der Waals surface area contributed by atoms with Crippen LogP contribution in [0, 0.1) is 12.8 Å². The number of piperazine rings is 1. The lowest BCUT2D eigenvalue weighted by molar-refractivity contribution is -0.0498. The van der Waals surface area contributed by atoms with Gasteiger partial charge in [0.15, 0.2) is 11.5 Å². The molecule has 0 N–H and O–H groups in total. The smallest absolute Gasteiger partial charge is 0.387 e. The van der Waals surface area contributed by atoms with E-state index < -0.39 is 6.61 Å². The van der Waals surface area contributed by atoms with Crippen LogP contribution < -0.4 is 9.64 Å². The van der Waals surface area contributed by atoms with E-state index in [1.807, 2.05) is 23.5 Å². The van der Waals surface area contributed by atoms with Crippen molar-refractivity contribution in [2.24, 2.45) is 5.92 Å². The van der Waals surface area contributed by atoms with Crippen LogP contribution in [0.15, 0.2) is 30.6 Å². The molecule has 0 aliphatic carbocycles. The van der Waals surface area contributed by atoms with Gasteiger partial charge >= 0.3 is 6.61 Å². The van der Waals surface area contributed by atoms with Crippen molar-refractivity contribution >= 4 is 22.8 Å². The maximum absolute atomic E-state index is 12.7. The van der Waals surface area contributed by atoms with Crippen molar-refractivity contribution in [2.45, 2.75) is 91.3 Å². The number of rotatable bonds is 9. The number of alkyl halides is 2. The average Bonchev–Trinajstić information content (AvgIpc) is 3.70. The van der Waals surface area contributed by atoms with Crippen molar-refractivity contribution in [3.63, 3.8) is 0 Å². The maximum atomic E-state index is 12.7. The molecule has 0 saturated carbocycles. The van der Waals surface area contributed by atoms with Gasteiger partial charge in [-0.25, -0.2) is 9.38 Å². The summed E-state index contributed by atoms with van der Waals surface area (Å²) in [6.07, 6.45) is 4.94. The summed E-state index contributed by atoms with van der Waals surface area (Å²) >= 11 is 0. The summed E-state index contributed by atoms with van der Waals surface area (Å²) in [7, 11) is 0. The monoisotopic (exact) mass is 582 g/mol. The number of aryl methyl sites for hydroxylation is 1. The van der Waals surface area contributed by atoms with Gasteiger partial charge in [-0.3, -0.25) is 4.90 Å². The van der Waals surface area contributed by atoms with E-state index in [0.717, 1.165) is 73.9 Å². The minimum atomic E-state index is -2.83. The zero-order valence-corrected chi connectivity index (χ0v) is 25.0. The summed E-state index contributed by atoms with van der Waals surface area (Å²) in [4.78, 5) is 15.0. The first kappa shape index (κ1) is 28.7. The van der Waals surface area contributed by atoms with E-state index in [0.29, 0.717) is 11.7 Å². The Labute approximate surface area is 244 Å². The van der Waals surface area contributed by atoms with E-state index in [1.165, 1.54) is 0 Å². The molecule has 0 radical (unpaired) electrons. The highest BCUT2D eigenvalue weighted by molar-refractivity contribution is 5.87. The first-order valence-corrected chi connectivity index (χ1v) is 15.0. The summed E-state index contributed by atoms with van der Waals surface area (Å²) < 4.78 is 40.2. The van der Waals surface area contributed by atoms with Crippen molar-refractivity contribution in [3.8, 4) is 5.75 Å². The van der Waals surface area contributed by atoms with Crippen LogP contribution in [-0.4, -0.2) is 78.5 Å². The predicted octanol–water partition coefficient (Wildman–Crippen LogP) is 5.25. The van der Waals surface area contributed by atoms with Crippen molar-refractivity contribution < 1.29 is 18.3 Å². The molecular formula is C30H40F2N8O2. The molecule has 2 aliphatic heterocycles. The molecule has 0 spiro atoms. The van der Waals surface area contributed by atoms with Crippen LogP contribution in [0.4, 0.5) is 14.6 Å². The van der Waals surface area contributed by atoms with E-state index in [4.69, 9.17) is 14.7 Å². The summed E-state index contributed by atoms with van der Waals surface area (Å²) in [5, 5.41) is 8.52. The fourth-order valence-electron chi connectivity index (χ4n) is 6.83. The molecule has 3 aromatic heterocycles. The van der Waals surface area contributed by atoms with Gasteiger partial charge in [-0.15, -0.1) is 10.2 Å². The molecular weight excluding hydrogens is 542 g/mol. The molecule has 226 valence electrons. The molecule has 4 aromatic rings. The van der Waals surface area contributed by atoms with Gasteiger partial charge in [0.1, 0.15) is 23.4 Å². The molecule has 6 rings (SSSR count). The van der Waals surface area contributed by atoms with Gasteiger partial charge in [-0.1, -0.05) is 32.9 Å². The Kier molecular flexibility index (Phi) is 8.01. The zero-order valence-electron chi connectivity index (χ0n) is 25.0. The third kappa shape index (κ3) is 5.30. The molecule has 42 heavy (non-hydrogen) atoms. The van der Waals surface area contributed by atoms with E-state index in [-0.39, 0.29) is 30.0 Å². The number of hydrogen-bond acceptors (Lipinski definition) is 8. The number of anilines is 1. The minimum absolute atomic E-state index is 0.125. The fourth-order valence-corrected chi connectivity index (χ4v) is 6.83. The molecule has 12 heteroatoms. The topological polar surface area (TPSA) is 85.8 Å². The second-order valence-corrected chi connectivity index (χ2v) is 11.9. The summed E-state index contributed by atoms with van der Waals surface area (Å²) in [6.45, 7) is 11.2. The molecule has 2 saturated heterocycles. The minimum Gasteiger partial charge on any atom is -0.435 e. The molecule has 10 nitrogen and oxygen atoms in total. The third-order valence-corrected chi connectivity index (χ3v) is 8.78. The lowest BCUT2D eigenvalue weighted by atomic mass is 9.90. The van der Waals surface area contributed by atoms with E-state index >= 15 is 0 Å². The predicted molar refractivity (Wildman–Crippen MR) is 156 cm³/mol. The summed E-state index contributed by atoms with van der Waals surface area (Å²) in [5.41, 5.74) is 2.89. The van der Waals surface area contributed by atoms with E-state index in [1.54, 1.807) is 18.5 Å². The summed E-state index contributed by atoms with van der Waals surface area (Å²) in [6, 6.07) is 7.62. The SMILES string of the molecule is CC[C@@H]1CN(c2nc3nncn3c3c2nc(C)n3CC2CCCO2)[C@@H](C)CN1[C@@H](c1ccc(OC(F)F)cc1)C(C)C. The lowest BCUT2D eigenvalue weighted by Crippen LogP contribution is -2.59. The molecule has 1 unspecified atom stereocenters. The highest BCUT2D eigenvalue weighted by Crippen LogP contribution is 2.37. The number of aromatic nitrogens is 6. The van der Waals surface area contributed by atoms with Crippen LogP contribution in [0.25, 0.3) is 16.9 Å². The highest BCUT2D eigenvalue weighted by atomic mass is 19.3. The van der Waals surface area contributed by atoms with Gasteiger partial charge in [0.2, 0.25) is 0 Å². The summed E-state index contributed by atoms with van der Waals surface area (Å²) in [5.74, 6) is 2.80. The lowest BCUT2D eigenvalue weighted by Gasteiger charge is -2.50. The number of fused-ring (bicyclic) bond motifs is 3. The second kappa shape index (κ2) is 11.7. The molecule has 5 heterocycles. The number of benzene rings is 1. The highest BCUT2D eigenvalue weighted by Gasteiger charge is 2.38. The van der Waals surface area contributed by atoms with Gasteiger partial charge in [0.05, 0.1) is 12.6 Å². The van der Waals surface area contributed by atoms with E-state index in [2.05, 4.69) is 57.0 Å². The van der Waals surface area contributed by atoms with Gasteiger partial charge in [0, 0.05) is 37.8 Å². The second-order valence-electron chi connectivity index (χ2n) is 11.9. The zero-order chi connectivity index (χ0) is 29.5. The largest absolute Gasteiger partial charge is 0.435 e. The Hall–Kier alpha value is -3.38. The third-order valence-electron chi connectivity index (χ3n) is 8.78. The van der Waals surface area contributed by atoms with Gasteiger partial charge in [0.25, 0.3) is 5.78 Å². The Morgan fingerprint density at radius 1 is 1.12 bits per heavy atom.